The van der Waals surface area contributed by atoms with E-state index in [-0.39, 0.29) is 11.5 Å². The zero-order valence-electron chi connectivity index (χ0n) is 20.9. The fourth-order valence-electron chi connectivity index (χ4n) is 5.79. The molecule has 2 aliphatic rings. The molecule has 7 nitrogen and oxygen atoms in total. The lowest BCUT2D eigenvalue weighted by atomic mass is 9.85. The fraction of sp³-hybridized carbons (Fsp3) is 0.300. The number of amides is 1. The molecule has 6 rings (SSSR count). The first-order chi connectivity index (χ1) is 18.1. The van der Waals surface area contributed by atoms with E-state index >= 15 is 0 Å². The molecule has 2 fully saturated rings. The highest BCUT2D eigenvalue weighted by Gasteiger charge is 2.53. The van der Waals surface area contributed by atoms with Gasteiger partial charge in [-0.25, -0.2) is 4.98 Å². The maximum absolute atomic E-state index is 13.9. The molecular formula is C30H31N5O2. The van der Waals surface area contributed by atoms with E-state index in [0.717, 1.165) is 49.2 Å². The average molecular weight is 494 g/mol. The molecule has 1 amide bonds. The van der Waals surface area contributed by atoms with E-state index in [9.17, 15) is 9.59 Å². The Labute approximate surface area is 216 Å². The van der Waals surface area contributed by atoms with Crippen LogP contribution in [0.1, 0.15) is 18.4 Å². The van der Waals surface area contributed by atoms with Crippen molar-refractivity contribution in [3.8, 4) is 0 Å². The van der Waals surface area contributed by atoms with E-state index in [2.05, 4.69) is 39.0 Å². The second-order valence-corrected chi connectivity index (χ2v) is 10.0. The Bertz CT molecular complexity index is 1450. The summed E-state index contributed by atoms with van der Waals surface area (Å²) in [6.07, 6.45) is 3.17. The van der Waals surface area contributed by atoms with Gasteiger partial charge < -0.3 is 14.7 Å². The van der Waals surface area contributed by atoms with Crippen molar-refractivity contribution >= 4 is 22.5 Å². The molecule has 0 aliphatic carbocycles. The first-order valence-electron chi connectivity index (χ1n) is 13.0. The van der Waals surface area contributed by atoms with Crippen LogP contribution in [0, 0.1) is 0 Å². The Morgan fingerprint density at radius 1 is 0.784 bits per heavy atom. The molecule has 1 aromatic heterocycles. The summed E-state index contributed by atoms with van der Waals surface area (Å²) < 4.78 is 1.70. The number of carbonyl (C=O) groups is 1. The van der Waals surface area contributed by atoms with E-state index in [1.54, 1.807) is 10.9 Å². The minimum Gasteiger partial charge on any atom is -0.339 e. The Hall–Kier alpha value is -3.97. The fourth-order valence-corrected chi connectivity index (χ4v) is 5.79. The molecule has 0 N–H and O–H groups in total. The summed E-state index contributed by atoms with van der Waals surface area (Å²) in [5.74, 6) is 0.217. The van der Waals surface area contributed by atoms with Crippen molar-refractivity contribution in [1.82, 2.24) is 19.4 Å². The molecule has 4 aromatic rings. The van der Waals surface area contributed by atoms with Crippen molar-refractivity contribution in [2.75, 3.05) is 31.2 Å². The molecule has 0 bridgehead atoms. The number of anilines is 1. The van der Waals surface area contributed by atoms with Crippen molar-refractivity contribution in [2.45, 2.75) is 31.5 Å². The average Bonchev–Trinajstić information content (AvgIpc) is 3.21. The first kappa shape index (κ1) is 23.4. The number of likely N-dealkylation sites (tertiary alicyclic amines) is 1. The summed E-state index contributed by atoms with van der Waals surface area (Å²) in [4.78, 5) is 37.9. The van der Waals surface area contributed by atoms with Gasteiger partial charge in [0.25, 0.3) is 5.56 Å². The van der Waals surface area contributed by atoms with Gasteiger partial charge in [0.15, 0.2) is 0 Å². The van der Waals surface area contributed by atoms with E-state index in [1.165, 1.54) is 0 Å². The SMILES string of the molecule is O=C1N(Cc2ccccc2)CN(c2ccccc2)C12CCN(CCn1cnc3ccccc3c1=O)CC2. The number of nitrogens with zero attached hydrogens (tertiary/aromatic N) is 5. The summed E-state index contributed by atoms with van der Waals surface area (Å²) in [5, 5.41) is 0.649. The van der Waals surface area contributed by atoms with Crippen LogP contribution >= 0.6 is 0 Å². The number of aromatic nitrogens is 2. The summed E-state index contributed by atoms with van der Waals surface area (Å²) >= 11 is 0. The molecule has 0 atom stereocenters. The minimum absolute atomic E-state index is 0.00291. The van der Waals surface area contributed by atoms with Crippen LogP contribution in [0.15, 0.2) is 96.1 Å². The van der Waals surface area contributed by atoms with Crippen molar-refractivity contribution in [2.24, 2.45) is 0 Å². The van der Waals surface area contributed by atoms with Crippen LogP contribution in [0.3, 0.4) is 0 Å². The molecule has 3 aromatic carbocycles. The molecule has 0 saturated carbocycles. The largest absolute Gasteiger partial charge is 0.339 e. The van der Waals surface area contributed by atoms with Crippen LogP contribution in [-0.4, -0.2) is 57.1 Å². The topological polar surface area (TPSA) is 61.7 Å². The van der Waals surface area contributed by atoms with Gasteiger partial charge in [-0.05, 0) is 42.7 Å². The maximum Gasteiger partial charge on any atom is 0.261 e. The number of rotatable bonds is 6. The molecule has 3 heterocycles. The lowest BCUT2D eigenvalue weighted by Gasteiger charge is -2.43. The smallest absolute Gasteiger partial charge is 0.261 e. The quantitative estimate of drug-likeness (QED) is 0.410. The molecule has 188 valence electrons. The predicted molar refractivity (Wildman–Crippen MR) is 145 cm³/mol. The number of hydrogen-bond donors (Lipinski definition) is 0. The number of hydrogen-bond acceptors (Lipinski definition) is 5. The van der Waals surface area contributed by atoms with Gasteiger partial charge in [-0.3, -0.25) is 14.2 Å². The Morgan fingerprint density at radius 2 is 1.46 bits per heavy atom. The normalized spacial score (nSPS) is 17.7. The van der Waals surface area contributed by atoms with Gasteiger partial charge in [0.1, 0.15) is 5.54 Å². The molecule has 0 radical (unpaired) electrons. The van der Waals surface area contributed by atoms with Crippen LogP contribution in [-0.2, 0) is 17.9 Å². The van der Waals surface area contributed by atoms with E-state index in [0.29, 0.717) is 25.1 Å². The summed E-state index contributed by atoms with van der Waals surface area (Å²) in [7, 11) is 0. The molecule has 1 spiro atoms. The third-order valence-electron chi connectivity index (χ3n) is 7.87. The van der Waals surface area contributed by atoms with Crippen LogP contribution in [0.25, 0.3) is 10.9 Å². The Balaban J connectivity index is 1.18. The Kier molecular flexibility index (Phi) is 6.22. The number of fused-ring (bicyclic) bond motifs is 1. The standard InChI is InChI=1S/C30H31N5O2/c36-28-26-13-7-8-14-27(26)31-22-33(28)20-19-32-17-15-30(16-18-32)29(37)34(21-24-9-3-1-4-10-24)23-35(30)25-11-5-2-6-12-25/h1-14,22H,15-21,23H2. The summed E-state index contributed by atoms with van der Waals surface area (Å²) in [6.45, 7) is 4.17. The predicted octanol–water partition coefficient (Wildman–Crippen LogP) is 3.74. The minimum atomic E-state index is -0.534. The summed E-state index contributed by atoms with van der Waals surface area (Å²) in [6, 6.07) is 28.0. The number of piperidine rings is 1. The van der Waals surface area contributed by atoms with Crippen molar-refractivity contribution < 1.29 is 4.79 Å². The highest BCUT2D eigenvalue weighted by Crippen LogP contribution is 2.40. The third kappa shape index (κ3) is 4.40. The van der Waals surface area contributed by atoms with Gasteiger partial charge >= 0.3 is 0 Å². The zero-order valence-corrected chi connectivity index (χ0v) is 20.9. The van der Waals surface area contributed by atoms with Gasteiger partial charge in [-0.2, -0.15) is 0 Å². The van der Waals surface area contributed by atoms with Crippen molar-refractivity contribution in [1.29, 1.82) is 0 Å². The highest BCUT2D eigenvalue weighted by molar-refractivity contribution is 5.93. The van der Waals surface area contributed by atoms with Crippen molar-refractivity contribution in [3.05, 3.63) is 107 Å². The Morgan fingerprint density at radius 3 is 2.22 bits per heavy atom. The molecular weight excluding hydrogens is 462 g/mol. The van der Waals surface area contributed by atoms with Gasteiger partial charge in [-0.15, -0.1) is 0 Å². The maximum atomic E-state index is 13.9. The van der Waals surface area contributed by atoms with Gasteiger partial charge in [0, 0.05) is 38.4 Å². The zero-order chi connectivity index (χ0) is 25.2. The number of carbonyl (C=O) groups excluding carboxylic acids is 1. The monoisotopic (exact) mass is 493 g/mol. The molecule has 2 saturated heterocycles. The van der Waals surface area contributed by atoms with Gasteiger partial charge in [0.2, 0.25) is 5.91 Å². The lowest BCUT2D eigenvalue weighted by Crippen LogP contribution is -2.56. The summed E-state index contributed by atoms with van der Waals surface area (Å²) in [5.41, 5.74) is 2.43. The molecule has 2 aliphatic heterocycles. The lowest BCUT2D eigenvalue weighted by molar-refractivity contribution is -0.134. The van der Waals surface area contributed by atoms with Gasteiger partial charge in [0.05, 0.1) is 23.9 Å². The number of para-hydroxylation sites is 2. The number of benzene rings is 3. The van der Waals surface area contributed by atoms with Crippen LogP contribution < -0.4 is 10.5 Å². The van der Waals surface area contributed by atoms with Crippen LogP contribution in [0.2, 0.25) is 0 Å². The second-order valence-electron chi connectivity index (χ2n) is 10.0. The second kappa shape index (κ2) is 9.82. The first-order valence-corrected chi connectivity index (χ1v) is 13.0. The van der Waals surface area contributed by atoms with Crippen LogP contribution in [0.5, 0.6) is 0 Å². The highest BCUT2D eigenvalue weighted by atomic mass is 16.2. The van der Waals surface area contributed by atoms with Crippen molar-refractivity contribution in [3.63, 3.8) is 0 Å². The molecule has 7 heteroatoms. The molecule has 37 heavy (non-hydrogen) atoms. The van der Waals surface area contributed by atoms with E-state index < -0.39 is 5.54 Å². The van der Waals surface area contributed by atoms with Crippen LogP contribution in [0.4, 0.5) is 5.69 Å². The van der Waals surface area contributed by atoms with E-state index in [1.807, 2.05) is 65.6 Å². The van der Waals surface area contributed by atoms with Gasteiger partial charge in [-0.1, -0.05) is 60.7 Å². The van der Waals surface area contributed by atoms with E-state index in [4.69, 9.17) is 0 Å². The third-order valence-corrected chi connectivity index (χ3v) is 7.87. The molecule has 0 unspecified atom stereocenters.